The molecule has 1 fully saturated rings. The summed E-state index contributed by atoms with van der Waals surface area (Å²) in [7, 11) is -0.802. The van der Waals surface area contributed by atoms with Gasteiger partial charge >= 0.3 is 0 Å². The lowest BCUT2D eigenvalue weighted by molar-refractivity contribution is -0.133. The van der Waals surface area contributed by atoms with Crippen LogP contribution in [0.4, 0.5) is 0 Å². The summed E-state index contributed by atoms with van der Waals surface area (Å²) in [6, 6.07) is 4.71. The van der Waals surface area contributed by atoms with Crippen molar-refractivity contribution in [2.24, 2.45) is 5.92 Å². The number of sulfonamides is 1. The lowest BCUT2D eigenvalue weighted by Gasteiger charge is -2.34. The molecule has 0 N–H and O–H groups in total. The zero-order valence-electron chi connectivity index (χ0n) is 15.8. The van der Waals surface area contributed by atoms with Crippen LogP contribution in [0.2, 0.25) is 0 Å². The number of nitrogens with zero attached hydrogens (tertiary/aromatic N) is 2. The highest BCUT2D eigenvalue weighted by molar-refractivity contribution is 7.89. The smallest absolute Gasteiger partial charge is 0.247 e. The number of benzene rings is 1. The second-order valence-electron chi connectivity index (χ2n) is 6.77. The van der Waals surface area contributed by atoms with Crippen LogP contribution in [-0.4, -0.2) is 63.9 Å². The standard InChI is InChI=1S/C19H26N2O5S/c1-25-16-7-8-17(26-2)18(14-16)27(23,24)21-11-9-20(10-12-21)19(22)13-15-5-3-4-6-15/h3,5,7-8,14-15H,4,6,9-13H2,1-2H3/t15-/m1/s1. The molecule has 8 heteroatoms. The molecule has 0 spiro atoms. The summed E-state index contributed by atoms with van der Waals surface area (Å²) < 4.78 is 37.9. The van der Waals surface area contributed by atoms with Gasteiger partial charge in [0.1, 0.15) is 16.4 Å². The highest BCUT2D eigenvalue weighted by Crippen LogP contribution is 2.31. The average Bonchev–Trinajstić information content (AvgIpc) is 3.20. The second-order valence-corrected chi connectivity index (χ2v) is 8.68. The van der Waals surface area contributed by atoms with Crippen LogP contribution in [0.25, 0.3) is 0 Å². The molecule has 1 amide bonds. The van der Waals surface area contributed by atoms with Crippen molar-refractivity contribution in [1.82, 2.24) is 9.21 Å². The van der Waals surface area contributed by atoms with Crippen LogP contribution in [-0.2, 0) is 14.8 Å². The summed E-state index contributed by atoms with van der Waals surface area (Å²) in [5, 5.41) is 0. The number of hydrogen-bond donors (Lipinski definition) is 0. The van der Waals surface area contributed by atoms with Crippen molar-refractivity contribution in [2.45, 2.75) is 24.2 Å². The predicted octanol–water partition coefficient (Wildman–Crippen LogP) is 1.89. The summed E-state index contributed by atoms with van der Waals surface area (Å²) in [5.41, 5.74) is 0. The molecule has 1 aliphatic carbocycles. The number of hydrogen-bond acceptors (Lipinski definition) is 5. The van der Waals surface area contributed by atoms with Gasteiger partial charge in [-0.3, -0.25) is 4.79 Å². The van der Waals surface area contributed by atoms with Gasteiger partial charge in [0.05, 0.1) is 14.2 Å². The normalized spacial score (nSPS) is 20.7. The Kier molecular flexibility index (Phi) is 6.06. The van der Waals surface area contributed by atoms with Gasteiger partial charge in [0.25, 0.3) is 0 Å². The Morgan fingerprint density at radius 2 is 1.89 bits per heavy atom. The van der Waals surface area contributed by atoms with Crippen molar-refractivity contribution in [3.05, 3.63) is 30.4 Å². The van der Waals surface area contributed by atoms with E-state index in [-0.39, 0.29) is 29.6 Å². The zero-order valence-corrected chi connectivity index (χ0v) is 16.6. The van der Waals surface area contributed by atoms with Gasteiger partial charge in [0.15, 0.2) is 0 Å². The second kappa shape index (κ2) is 8.31. The topological polar surface area (TPSA) is 76.2 Å². The summed E-state index contributed by atoms with van der Waals surface area (Å²) >= 11 is 0. The van der Waals surface area contributed by atoms with E-state index in [2.05, 4.69) is 12.2 Å². The van der Waals surface area contributed by atoms with Crippen molar-refractivity contribution < 1.29 is 22.7 Å². The number of amides is 1. The van der Waals surface area contributed by atoms with Gasteiger partial charge < -0.3 is 14.4 Å². The fourth-order valence-corrected chi connectivity index (χ4v) is 5.11. The van der Waals surface area contributed by atoms with E-state index in [4.69, 9.17) is 9.47 Å². The van der Waals surface area contributed by atoms with Gasteiger partial charge in [-0.1, -0.05) is 12.2 Å². The van der Waals surface area contributed by atoms with Gasteiger partial charge in [0.2, 0.25) is 15.9 Å². The summed E-state index contributed by atoms with van der Waals surface area (Å²) in [6.45, 7) is 1.35. The zero-order chi connectivity index (χ0) is 19.4. The summed E-state index contributed by atoms with van der Waals surface area (Å²) in [6.07, 6.45) is 6.78. The molecule has 1 atom stereocenters. The molecule has 1 saturated heterocycles. The Labute approximate surface area is 160 Å². The molecule has 1 aliphatic heterocycles. The molecular formula is C19H26N2O5S. The minimum atomic E-state index is -3.73. The maximum absolute atomic E-state index is 13.1. The van der Waals surface area contributed by atoms with Crippen LogP contribution < -0.4 is 9.47 Å². The van der Waals surface area contributed by atoms with Crippen molar-refractivity contribution in [2.75, 3.05) is 40.4 Å². The maximum Gasteiger partial charge on any atom is 0.247 e. The summed E-state index contributed by atoms with van der Waals surface area (Å²) in [5.74, 6) is 1.15. The molecule has 0 saturated carbocycles. The number of rotatable bonds is 6. The first-order chi connectivity index (χ1) is 13.0. The highest BCUT2D eigenvalue weighted by Gasteiger charge is 2.32. The molecule has 27 heavy (non-hydrogen) atoms. The van der Waals surface area contributed by atoms with Gasteiger partial charge in [-0.2, -0.15) is 4.31 Å². The molecule has 0 unspecified atom stereocenters. The van der Waals surface area contributed by atoms with Crippen molar-refractivity contribution in [3.63, 3.8) is 0 Å². The third kappa shape index (κ3) is 4.27. The number of methoxy groups -OCH3 is 2. The number of carbonyl (C=O) groups is 1. The first-order valence-corrected chi connectivity index (χ1v) is 10.6. The first kappa shape index (κ1) is 19.7. The molecule has 0 aromatic heterocycles. The minimum Gasteiger partial charge on any atom is -0.497 e. The number of allylic oxidation sites excluding steroid dienone is 2. The van der Waals surface area contributed by atoms with Crippen LogP contribution >= 0.6 is 0 Å². The van der Waals surface area contributed by atoms with Gasteiger partial charge in [-0.15, -0.1) is 0 Å². The molecule has 148 valence electrons. The average molecular weight is 394 g/mol. The van der Waals surface area contributed by atoms with Gasteiger partial charge in [-0.25, -0.2) is 8.42 Å². The molecule has 7 nitrogen and oxygen atoms in total. The molecule has 0 radical (unpaired) electrons. The van der Waals surface area contributed by atoms with E-state index < -0.39 is 10.0 Å². The van der Waals surface area contributed by atoms with E-state index >= 15 is 0 Å². The van der Waals surface area contributed by atoms with Gasteiger partial charge in [0, 0.05) is 38.7 Å². The number of piperazine rings is 1. The van der Waals surface area contributed by atoms with E-state index in [1.807, 2.05) is 0 Å². The largest absolute Gasteiger partial charge is 0.497 e. The van der Waals surface area contributed by atoms with Crippen LogP contribution in [0, 0.1) is 5.92 Å². The van der Waals surface area contributed by atoms with E-state index in [9.17, 15) is 13.2 Å². The SMILES string of the molecule is COc1ccc(OC)c(S(=O)(=O)N2CCN(C(=O)C[C@@H]3C=CCC3)CC2)c1. The summed E-state index contributed by atoms with van der Waals surface area (Å²) in [4.78, 5) is 14.3. The molecule has 1 aromatic rings. The fourth-order valence-electron chi connectivity index (χ4n) is 3.52. The Bertz CT molecular complexity index is 813. The third-order valence-electron chi connectivity index (χ3n) is 5.13. The fraction of sp³-hybridized carbons (Fsp3) is 0.526. The van der Waals surface area contributed by atoms with E-state index in [1.165, 1.54) is 24.6 Å². The van der Waals surface area contributed by atoms with Gasteiger partial charge in [-0.05, 0) is 30.9 Å². The number of ether oxygens (including phenoxy) is 2. The molecule has 0 bridgehead atoms. The lowest BCUT2D eigenvalue weighted by atomic mass is 10.0. The van der Waals surface area contributed by atoms with Crippen molar-refractivity contribution in [1.29, 1.82) is 0 Å². The van der Waals surface area contributed by atoms with E-state index in [0.29, 0.717) is 31.2 Å². The lowest BCUT2D eigenvalue weighted by Crippen LogP contribution is -2.50. The molecule has 2 aliphatic rings. The number of carbonyl (C=O) groups excluding carboxylic acids is 1. The van der Waals surface area contributed by atoms with Crippen LogP contribution in [0.5, 0.6) is 11.5 Å². The molecular weight excluding hydrogens is 368 g/mol. The van der Waals surface area contributed by atoms with Crippen molar-refractivity contribution >= 4 is 15.9 Å². The maximum atomic E-state index is 13.1. The molecule has 1 aromatic carbocycles. The van der Waals surface area contributed by atoms with Crippen LogP contribution in [0.15, 0.2) is 35.2 Å². The highest BCUT2D eigenvalue weighted by atomic mass is 32.2. The predicted molar refractivity (Wildman–Crippen MR) is 101 cm³/mol. The van der Waals surface area contributed by atoms with E-state index in [1.54, 1.807) is 17.0 Å². The monoisotopic (exact) mass is 394 g/mol. The Hall–Kier alpha value is -2.06. The third-order valence-corrected chi connectivity index (χ3v) is 7.05. The Morgan fingerprint density at radius 3 is 2.48 bits per heavy atom. The molecule has 1 heterocycles. The first-order valence-electron chi connectivity index (χ1n) is 9.12. The van der Waals surface area contributed by atoms with E-state index in [0.717, 1.165) is 12.8 Å². The van der Waals surface area contributed by atoms with Crippen LogP contribution in [0.1, 0.15) is 19.3 Å². The molecule has 3 rings (SSSR count). The van der Waals surface area contributed by atoms with Crippen molar-refractivity contribution in [3.8, 4) is 11.5 Å². The quantitative estimate of drug-likeness (QED) is 0.689. The Balaban J connectivity index is 1.68. The van der Waals surface area contributed by atoms with Crippen LogP contribution in [0.3, 0.4) is 0 Å². The minimum absolute atomic E-state index is 0.0835. The Morgan fingerprint density at radius 1 is 1.15 bits per heavy atom.